The molecule has 1 aromatic rings. The SMILES string of the molecule is CC(C)(C)OOc1ccccc1C(F)(F)C(F)(F)C(F)(F)C(F)(F)F. The normalized spacial score (nSPS) is 14.6. The van der Waals surface area contributed by atoms with Crippen LogP contribution in [0.3, 0.4) is 0 Å². The first kappa shape index (κ1) is 21.4. The zero-order valence-corrected chi connectivity index (χ0v) is 13.0. The largest absolute Gasteiger partial charge is 0.460 e. The molecule has 0 spiro atoms. The van der Waals surface area contributed by atoms with Gasteiger partial charge in [0.2, 0.25) is 0 Å². The first-order valence-corrected chi connectivity index (χ1v) is 6.60. The van der Waals surface area contributed by atoms with Crippen LogP contribution in [0, 0.1) is 0 Å². The lowest BCUT2D eigenvalue weighted by Gasteiger charge is -2.34. The van der Waals surface area contributed by atoms with Gasteiger partial charge in [-0.15, -0.1) is 0 Å². The van der Waals surface area contributed by atoms with Crippen molar-refractivity contribution in [1.82, 2.24) is 0 Å². The Hall–Kier alpha value is -1.65. The third kappa shape index (κ3) is 3.96. The van der Waals surface area contributed by atoms with Crippen LogP contribution in [0.1, 0.15) is 26.3 Å². The Balaban J connectivity index is 3.39. The summed E-state index contributed by atoms with van der Waals surface area (Å²) in [6.07, 6.45) is -6.89. The molecule has 0 fully saturated rings. The number of hydrogen-bond donors (Lipinski definition) is 0. The Bertz CT molecular complexity index is 603. The summed E-state index contributed by atoms with van der Waals surface area (Å²) in [6.45, 7) is 4.17. The van der Waals surface area contributed by atoms with E-state index in [4.69, 9.17) is 0 Å². The van der Waals surface area contributed by atoms with Crippen LogP contribution in [0.15, 0.2) is 24.3 Å². The molecule has 0 atom stereocenters. The van der Waals surface area contributed by atoms with Gasteiger partial charge in [0.1, 0.15) is 5.60 Å². The quantitative estimate of drug-likeness (QED) is 0.367. The van der Waals surface area contributed by atoms with E-state index < -0.39 is 40.9 Å². The second kappa shape index (κ2) is 6.26. The molecule has 0 unspecified atom stereocenters. The van der Waals surface area contributed by atoms with Gasteiger partial charge < -0.3 is 4.89 Å². The highest BCUT2D eigenvalue weighted by Gasteiger charge is 2.82. The predicted molar refractivity (Wildman–Crippen MR) is 67.8 cm³/mol. The van der Waals surface area contributed by atoms with Crippen LogP contribution in [-0.2, 0) is 10.8 Å². The number of alkyl halides is 9. The fourth-order valence-corrected chi connectivity index (χ4v) is 1.51. The van der Waals surface area contributed by atoms with E-state index in [-0.39, 0.29) is 6.07 Å². The number of hydrogen-bond acceptors (Lipinski definition) is 2. The highest BCUT2D eigenvalue weighted by atomic mass is 19.4. The minimum absolute atomic E-state index is 0.238. The zero-order chi connectivity index (χ0) is 19.9. The van der Waals surface area contributed by atoms with E-state index in [2.05, 4.69) is 9.78 Å². The smallest absolute Gasteiger partial charge is 0.336 e. The highest BCUT2D eigenvalue weighted by molar-refractivity contribution is 5.38. The lowest BCUT2D eigenvalue weighted by atomic mass is 9.96. The molecule has 1 rings (SSSR count). The average molecular weight is 384 g/mol. The molecule has 0 saturated heterocycles. The molecule has 144 valence electrons. The van der Waals surface area contributed by atoms with Crippen molar-refractivity contribution in [2.45, 2.75) is 50.3 Å². The third-order valence-corrected chi connectivity index (χ3v) is 2.75. The Kier molecular flexibility index (Phi) is 5.35. The summed E-state index contributed by atoms with van der Waals surface area (Å²) in [5.74, 6) is -20.8. The van der Waals surface area contributed by atoms with Gasteiger partial charge in [0.05, 0.1) is 5.56 Å². The molecule has 2 nitrogen and oxygen atoms in total. The van der Waals surface area contributed by atoms with Gasteiger partial charge in [0.25, 0.3) is 0 Å². The number of rotatable bonds is 5. The van der Waals surface area contributed by atoms with Gasteiger partial charge in [-0.05, 0) is 32.9 Å². The molecule has 0 radical (unpaired) electrons. The highest BCUT2D eigenvalue weighted by Crippen LogP contribution is 2.57. The van der Waals surface area contributed by atoms with Gasteiger partial charge >= 0.3 is 23.9 Å². The standard InChI is InChI=1S/C14H13F9O2/c1-10(2,3)25-24-9-7-5-4-6-8(9)11(15,16)12(17,18)13(19,20)14(21,22)23/h4-7H,1-3H3. The summed E-state index contributed by atoms with van der Waals surface area (Å²) >= 11 is 0. The van der Waals surface area contributed by atoms with Gasteiger partial charge in [-0.3, -0.25) is 0 Å². The second-order valence-electron chi connectivity index (χ2n) is 6.00. The van der Waals surface area contributed by atoms with E-state index >= 15 is 0 Å². The van der Waals surface area contributed by atoms with Gasteiger partial charge in [0.15, 0.2) is 5.75 Å². The van der Waals surface area contributed by atoms with Crippen molar-refractivity contribution in [3.8, 4) is 5.75 Å². The van der Waals surface area contributed by atoms with Crippen LogP contribution in [0.5, 0.6) is 5.75 Å². The molecule has 11 heteroatoms. The first-order valence-electron chi connectivity index (χ1n) is 6.60. The van der Waals surface area contributed by atoms with Crippen LogP contribution >= 0.6 is 0 Å². The maximum absolute atomic E-state index is 14.0. The Morgan fingerprint density at radius 2 is 1.20 bits per heavy atom. The van der Waals surface area contributed by atoms with Crippen LogP contribution in [0.4, 0.5) is 39.5 Å². The Morgan fingerprint density at radius 1 is 0.720 bits per heavy atom. The molecule has 0 N–H and O–H groups in total. The summed E-state index contributed by atoms with van der Waals surface area (Å²) in [4.78, 5) is 9.07. The molecule has 0 heterocycles. The molecule has 0 saturated carbocycles. The molecule has 0 aromatic heterocycles. The minimum atomic E-state index is -6.98. The summed E-state index contributed by atoms with van der Waals surface area (Å²) < 4.78 is 117. The molecule has 0 aliphatic rings. The number of para-hydroxylation sites is 1. The van der Waals surface area contributed by atoms with Crippen LogP contribution in [0.25, 0.3) is 0 Å². The average Bonchev–Trinajstić information content (AvgIpc) is 2.43. The van der Waals surface area contributed by atoms with Crippen molar-refractivity contribution in [1.29, 1.82) is 0 Å². The maximum Gasteiger partial charge on any atom is 0.460 e. The van der Waals surface area contributed by atoms with Crippen molar-refractivity contribution in [3.05, 3.63) is 29.8 Å². The van der Waals surface area contributed by atoms with Crippen LogP contribution < -0.4 is 4.89 Å². The summed E-state index contributed by atoms with van der Waals surface area (Å²) in [6, 6.07) is 2.66. The zero-order valence-electron chi connectivity index (χ0n) is 13.0. The maximum atomic E-state index is 14.0. The monoisotopic (exact) mass is 384 g/mol. The first-order chi connectivity index (χ1) is 11.0. The molecule has 0 bridgehead atoms. The van der Waals surface area contributed by atoms with Crippen molar-refractivity contribution < 1.29 is 49.3 Å². The second-order valence-corrected chi connectivity index (χ2v) is 6.00. The van der Waals surface area contributed by atoms with E-state index in [1.54, 1.807) is 0 Å². The van der Waals surface area contributed by atoms with Crippen molar-refractivity contribution in [2.75, 3.05) is 0 Å². The van der Waals surface area contributed by atoms with Crippen molar-refractivity contribution in [2.24, 2.45) is 0 Å². The van der Waals surface area contributed by atoms with E-state index in [1.807, 2.05) is 0 Å². The lowest BCUT2D eigenvalue weighted by molar-refractivity contribution is -0.400. The van der Waals surface area contributed by atoms with E-state index in [0.29, 0.717) is 6.07 Å². The fourth-order valence-electron chi connectivity index (χ4n) is 1.51. The van der Waals surface area contributed by atoms with Crippen LogP contribution in [-0.4, -0.2) is 23.6 Å². The Labute approximate surface area is 136 Å². The Morgan fingerprint density at radius 3 is 1.64 bits per heavy atom. The van der Waals surface area contributed by atoms with Gasteiger partial charge in [0, 0.05) is 0 Å². The third-order valence-electron chi connectivity index (χ3n) is 2.75. The topological polar surface area (TPSA) is 18.5 Å². The van der Waals surface area contributed by atoms with Crippen molar-refractivity contribution >= 4 is 0 Å². The van der Waals surface area contributed by atoms with Gasteiger partial charge in [-0.1, -0.05) is 12.1 Å². The van der Waals surface area contributed by atoms with Crippen molar-refractivity contribution in [3.63, 3.8) is 0 Å². The number of halogens is 9. The summed E-state index contributed by atoms with van der Waals surface area (Å²) in [5, 5.41) is 0. The fraction of sp³-hybridized carbons (Fsp3) is 0.571. The van der Waals surface area contributed by atoms with E-state index in [9.17, 15) is 39.5 Å². The van der Waals surface area contributed by atoms with E-state index in [0.717, 1.165) is 12.1 Å². The number of benzene rings is 1. The molecule has 0 aliphatic heterocycles. The van der Waals surface area contributed by atoms with Gasteiger partial charge in [-0.2, -0.15) is 44.4 Å². The molecular weight excluding hydrogens is 371 g/mol. The van der Waals surface area contributed by atoms with E-state index in [1.165, 1.54) is 20.8 Å². The predicted octanol–water partition coefficient (Wildman–Crippen LogP) is 5.72. The van der Waals surface area contributed by atoms with Gasteiger partial charge in [-0.25, -0.2) is 0 Å². The molecule has 25 heavy (non-hydrogen) atoms. The van der Waals surface area contributed by atoms with Crippen LogP contribution in [0.2, 0.25) is 0 Å². The molecule has 1 aromatic carbocycles. The molecule has 0 aliphatic carbocycles. The summed E-state index contributed by atoms with van der Waals surface area (Å²) in [5.41, 5.74) is -2.99. The minimum Gasteiger partial charge on any atom is -0.336 e. The summed E-state index contributed by atoms with van der Waals surface area (Å²) in [7, 11) is 0. The lowest BCUT2D eigenvalue weighted by Crippen LogP contribution is -2.59. The molecular formula is C14H13F9O2. The molecule has 0 amide bonds.